The Morgan fingerprint density at radius 3 is 2.70 bits per heavy atom. The van der Waals surface area contributed by atoms with Gasteiger partial charge in [0.2, 0.25) is 0 Å². The molecule has 5 nitrogen and oxygen atoms in total. The summed E-state index contributed by atoms with van der Waals surface area (Å²) in [5.74, 6) is -0.135. The number of carbonyl (C=O) groups excluding carboxylic acids is 2. The van der Waals surface area contributed by atoms with Crippen LogP contribution in [0.1, 0.15) is 47.9 Å². The standard InChI is InChI=1S/C17H25N3O2.ClH/c1-4-8-19-16(21)14-6-5-7-15(11-14)17(22)20-10-9-18-12(2)13(20)3;/h5-7,11-13,18H,4,8-10H2,1-3H3,(H,19,21);1H. The van der Waals surface area contributed by atoms with Gasteiger partial charge in [0.1, 0.15) is 0 Å². The highest BCUT2D eigenvalue weighted by Crippen LogP contribution is 2.15. The molecule has 2 rings (SSSR count). The Hall–Kier alpha value is -1.59. The fraction of sp³-hybridized carbons (Fsp3) is 0.529. The lowest BCUT2D eigenvalue weighted by Crippen LogP contribution is -2.57. The van der Waals surface area contributed by atoms with Crippen LogP contribution in [-0.2, 0) is 0 Å². The van der Waals surface area contributed by atoms with Crippen molar-refractivity contribution in [1.82, 2.24) is 15.5 Å². The molecular formula is C17H26ClN3O2. The lowest BCUT2D eigenvalue weighted by molar-refractivity contribution is 0.0603. The van der Waals surface area contributed by atoms with Crippen LogP contribution in [0.4, 0.5) is 0 Å². The lowest BCUT2D eigenvalue weighted by atomic mass is 10.0. The maximum absolute atomic E-state index is 12.7. The number of hydrogen-bond acceptors (Lipinski definition) is 3. The second-order valence-electron chi connectivity index (χ2n) is 5.82. The molecule has 1 aliphatic heterocycles. The monoisotopic (exact) mass is 339 g/mol. The van der Waals surface area contributed by atoms with E-state index >= 15 is 0 Å². The first kappa shape index (κ1) is 19.5. The van der Waals surface area contributed by atoms with Crippen molar-refractivity contribution in [2.24, 2.45) is 0 Å². The summed E-state index contributed by atoms with van der Waals surface area (Å²) in [6, 6.07) is 7.38. The molecule has 1 fully saturated rings. The normalized spacial score (nSPS) is 20.6. The Morgan fingerprint density at radius 1 is 1.30 bits per heavy atom. The van der Waals surface area contributed by atoms with Gasteiger partial charge in [-0.3, -0.25) is 9.59 Å². The summed E-state index contributed by atoms with van der Waals surface area (Å²) >= 11 is 0. The quantitative estimate of drug-likeness (QED) is 0.882. The zero-order valence-corrected chi connectivity index (χ0v) is 14.8. The van der Waals surface area contributed by atoms with Gasteiger partial charge in [-0.05, 0) is 38.5 Å². The highest BCUT2D eigenvalue weighted by Gasteiger charge is 2.28. The summed E-state index contributed by atoms with van der Waals surface area (Å²) in [6.07, 6.45) is 0.889. The SMILES string of the molecule is CCCNC(=O)c1cccc(C(=O)N2CCNC(C)C2C)c1.Cl. The highest BCUT2D eigenvalue weighted by atomic mass is 35.5. The molecule has 2 atom stereocenters. The van der Waals surface area contributed by atoms with Crippen LogP contribution < -0.4 is 10.6 Å². The number of nitrogens with one attached hydrogen (secondary N) is 2. The van der Waals surface area contributed by atoms with Crippen molar-refractivity contribution in [1.29, 1.82) is 0 Å². The fourth-order valence-corrected chi connectivity index (χ4v) is 2.64. The minimum atomic E-state index is -0.127. The first-order chi connectivity index (χ1) is 10.5. The molecule has 2 N–H and O–H groups in total. The van der Waals surface area contributed by atoms with Crippen molar-refractivity contribution in [3.63, 3.8) is 0 Å². The van der Waals surface area contributed by atoms with Crippen molar-refractivity contribution in [2.45, 2.75) is 39.3 Å². The van der Waals surface area contributed by atoms with E-state index in [-0.39, 0.29) is 36.3 Å². The van der Waals surface area contributed by atoms with Gasteiger partial charge in [-0.15, -0.1) is 12.4 Å². The molecule has 128 valence electrons. The van der Waals surface area contributed by atoms with Crippen LogP contribution in [-0.4, -0.2) is 48.4 Å². The molecule has 0 radical (unpaired) electrons. The van der Waals surface area contributed by atoms with Crippen LogP contribution >= 0.6 is 12.4 Å². The number of carbonyl (C=O) groups is 2. The molecule has 0 saturated carbocycles. The number of rotatable bonds is 4. The van der Waals surface area contributed by atoms with Gasteiger partial charge in [-0.2, -0.15) is 0 Å². The molecule has 1 heterocycles. The number of amides is 2. The highest BCUT2D eigenvalue weighted by molar-refractivity contribution is 5.99. The third-order valence-corrected chi connectivity index (χ3v) is 4.20. The first-order valence-electron chi connectivity index (χ1n) is 7.97. The van der Waals surface area contributed by atoms with E-state index < -0.39 is 0 Å². The summed E-state index contributed by atoms with van der Waals surface area (Å²) in [7, 11) is 0. The Balaban J connectivity index is 0.00000264. The zero-order valence-electron chi connectivity index (χ0n) is 14.0. The van der Waals surface area contributed by atoms with Crippen molar-refractivity contribution < 1.29 is 9.59 Å². The first-order valence-corrected chi connectivity index (χ1v) is 7.97. The average molecular weight is 340 g/mol. The molecule has 1 aromatic rings. The third-order valence-electron chi connectivity index (χ3n) is 4.20. The molecule has 23 heavy (non-hydrogen) atoms. The van der Waals surface area contributed by atoms with Crippen LogP contribution in [0, 0.1) is 0 Å². The molecule has 1 aliphatic rings. The van der Waals surface area contributed by atoms with Crippen LogP contribution in [0.5, 0.6) is 0 Å². The van der Waals surface area contributed by atoms with E-state index in [1.54, 1.807) is 24.3 Å². The fourth-order valence-electron chi connectivity index (χ4n) is 2.64. The maximum atomic E-state index is 12.7. The van der Waals surface area contributed by atoms with Gasteiger partial charge >= 0.3 is 0 Å². The van der Waals surface area contributed by atoms with Crippen LogP contribution in [0.2, 0.25) is 0 Å². The minimum Gasteiger partial charge on any atom is -0.352 e. The molecule has 0 aliphatic carbocycles. The van der Waals surface area contributed by atoms with Crippen molar-refractivity contribution >= 4 is 24.2 Å². The molecule has 0 bridgehead atoms. The molecule has 2 unspecified atom stereocenters. The van der Waals surface area contributed by atoms with E-state index in [0.29, 0.717) is 24.2 Å². The van der Waals surface area contributed by atoms with Gasteiger partial charge in [0.25, 0.3) is 11.8 Å². The number of nitrogens with zero attached hydrogens (tertiary/aromatic N) is 1. The topological polar surface area (TPSA) is 61.4 Å². The molecule has 6 heteroatoms. The average Bonchev–Trinajstić information content (AvgIpc) is 2.54. The van der Waals surface area contributed by atoms with E-state index in [1.165, 1.54) is 0 Å². The van der Waals surface area contributed by atoms with Gasteiger partial charge in [-0.1, -0.05) is 13.0 Å². The predicted octanol–water partition coefficient (Wildman–Crippen LogP) is 2.07. The summed E-state index contributed by atoms with van der Waals surface area (Å²) in [5, 5.41) is 6.20. The molecule has 1 saturated heterocycles. The summed E-state index contributed by atoms with van der Waals surface area (Å²) < 4.78 is 0. The summed E-state index contributed by atoms with van der Waals surface area (Å²) in [4.78, 5) is 26.6. The number of piperazine rings is 1. The number of benzene rings is 1. The van der Waals surface area contributed by atoms with Gasteiger partial charge < -0.3 is 15.5 Å². The van der Waals surface area contributed by atoms with Gasteiger partial charge in [0, 0.05) is 42.8 Å². The van der Waals surface area contributed by atoms with Crippen LogP contribution in [0.15, 0.2) is 24.3 Å². The Labute approximate surface area is 144 Å². The van der Waals surface area contributed by atoms with E-state index in [1.807, 2.05) is 18.7 Å². The minimum absolute atomic E-state index is 0. The second kappa shape index (κ2) is 8.89. The smallest absolute Gasteiger partial charge is 0.254 e. The largest absolute Gasteiger partial charge is 0.352 e. The molecule has 2 amide bonds. The molecule has 1 aromatic carbocycles. The molecular weight excluding hydrogens is 314 g/mol. The van der Waals surface area contributed by atoms with Crippen LogP contribution in [0.3, 0.4) is 0 Å². The van der Waals surface area contributed by atoms with Gasteiger partial charge in [0.15, 0.2) is 0 Å². The number of halogens is 1. The zero-order chi connectivity index (χ0) is 16.1. The molecule has 0 aromatic heterocycles. The van der Waals surface area contributed by atoms with E-state index in [0.717, 1.165) is 13.0 Å². The van der Waals surface area contributed by atoms with Crippen molar-refractivity contribution in [2.75, 3.05) is 19.6 Å². The van der Waals surface area contributed by atoms with Gasteiger partial charge in [-0.25, -0.2) is 0 Å². The second-order valence-corrected chi connectivity index (χ2v) is 5.82. The van der Waals surface area contributed by atoms with E-state index in [2.05, 4.69) is 17.6 Å². The maximum Gasteiger partial charge on any atom is 0.254 e. The summed E-state index contributed by atoms with van der Waals surface area (Å²) in [5.41, 5.74) is 1.11. The van der Waals surface area contributed by atoms with Crippen LogP contribution in [0.25, 0.3) is 0 Å². The Kier molecular flexibility index (Phi) is 7.52. The van der Waals surface area contributed by atoms with Crippen molar-refractivity contribution in [3.05, 3.63) is 35.4 Å². The Morgan fingerprint density at radius 2 is 2.00 bits per heavy atom. The summed E-state index contributed by atoms with van der Waals surface area (Å²) in [6.45, 7) is 8.27. The third kappa shape index (κ3) is 4.69. The van der Waals surface area contributed by atoms with E-state index in [9.17, 15) is 9.59 Å². The Bertz CT molecular complexity index is 550. The molecule has 0 spiro atoms. The van der Waals surface area contributed by atoms with E-state index in [4.69, 9.17) is 0 Å². The van der Waals surface area contributed by atoms with Crippen molar-refractivity contribution in [3.8, 4) is 0 Å². The predicted molar refractivity (Wildman–Crippen MR) is 94.3 cm³/mol. The number of hydrogen-bond donors (Lipinski definition) is 2. The lowest BCUT2D eigenvalue weighted by Gasteiger charge is -2.38. The van der Waals surface area contributed by atoms with Gasteiger partial charge in [0.05, 0.1) is 0 Å².